The molecule has 0 amide bonds. The first kappa shape index (κ1) is 11.3. The Balaban J connectivity index is 2.47. The van der Waals surface area contributed by atoms with Crippen LogP contribution >= 0.6 is 11.3 Å². The Kier molecular flexibility index (Phi) is 2.92. The van der Waals surface area contributed by atoms with E-state index in [4.69, 9.17) is 15.6 Å². The van der Waals surface area contributed by atoms with Crippen molar-refractivity contribution in [2.75, 3.05) is 12.8 Å². The largest absolute Gasteiger partial charge is 0.481 e. The summed E-state index contributed by atoms with van der Waals surface area (Å²) in [5.41, 5.74) is 6.60. The third-order valence-electron chi connectivity index (χ3n) is 2.04. The molecule has 2 aromatic heterocycles. The van der Waals surface area contributed by atoms with Crippen molar-refractivity contribution in [3.63, 3.8) is 0 Å². The highest BCUT2D eigenvalue weighted by Gasteiger charge is 2.14. The molecule has 0 aliphatic heterocycles. The summed E-state index contributed by atoms with van der Waals surface area (Å²) >= 11 is 1.17. The van der Waals surface area contributed by atoms with Gasteiger partial charge in [-0.25, -0.2) is 14.8 Å². The third-order valence-corrected chi connectivity index (χ3v) is 2.88. The molecule has 88 valence electrons. The number of anilines is 1. The van der Waals surface area contributed by atoms with Crippen LogP contribution in [0.3, 0.4) is 0 Å². The summed E-state index contributed by atoms with van der Waals surface area (Å²) < 4.78 is 4.98. The molecule has 3 N–H and O–H groups in total. The quantitative estimate of drug-likeness (QED) is 0.857. The van der Waals surface area contributed by atoms with Gasteiger partial charge in [0.25, 0.3) is 0 Å². The molecule has 0 aliphatic rings. The fourth-order valence-corrected chi connectivity index (χ4v) is 2.02. The molecule has 17 heavy (non-hydrogen) atoms. The van der Waals surface area contributed by atoms with E-state index < -0.39 is 5.97 Å². The van der Waals surface area contributed by atoms with Crippen LogP contribution in [0.2, 0.25) is 0 Å². The first-order valence-electron chi connectivity index (χ1n) is 4.61. The van der Waals surface area contributed by atoms with Gasteiger partial charge in [0.15, 0.2) is 5.69 Å². The van der Waals surface area contributed by atoms with Crippen molar-refractivity contribution >= 4 is 23.0 Å². The van der Waals surface area contributed by atoms with E-state index in [9.17, 15) is 4.79 Å². The van der Waals surface area contributed by atoms with Crippen LogP contribution in [0, 0.1) is 0 Å². The van der Waals surface area contributed by atoms with Crippen LogP contribution in [0.4, 0.5) is 5.69 Å². The van der Waals surface area contributed by atoms with Gasteiger partial charge < -0.3 is 15.6 Å². The number of methoxy groups -OCH3 is 1. The van der Waals surface area contributed by atoms with Crippen molar-refractivity contribution in [2.24, 2.45) is 0 Å². The van der Waals surface area contributed by atoms with Crippen molar-refractivity contribution in [1.29, 1.82) is 0 Å². The van der Waals surface area contributed by atoms with Gasteiger partial charge in [-0.2, -0.15) is 0 Å². The second-order valence-electron chi connectivity index (χ2n) is 3.13. The Morgan fingerprint density at radius 2 is 2.24 bits per heavy atom. The third kappa shape index (κ3) is 2.18. The number of nitrogens with zero attached hydrogens (tertiary/aromatic N) is 2. The molecule has 6 nitrogen and oxygen atoms in total. The lowest BCUT2D eigenvalue weighted by atomic mass is 10.3. The highest BCUT2D eigenvalue weighted by atomic mass is 32.1. The fourth-order valence-electron chi connectivity index (χ4n) is 1.22. The summed E-state index contributed by atoms with van der Waals surface area (Å²) in [6, 6.07) is 3.27. The number of aromatic nitrogens is 2. The van der Waals surface area contributed by atoms with Gasteiger partial charge in [-0.1, -0.05) is 0 Å². The number of carbonyl (C=O) groups is 1. The van der Waals surface area contributed by atoms with Gasteiger partial charge in [-0.05, 0) is 6.07 Å². The molecule has 2 aromatic rings. The van der Waals surface area contributed by atoms with E-state index in [1.165, 1.54) is 23.8 Å². The average molecular weight is 251 g/mol. The lowest BCUT2D eigenvalue weighted by Gasteiger charge is -2.03. The number of aromatic carboxylic acids is 1. The molecule has 0 atom stereocenters. The molecular weight excluding hydrogens is 242 g/mol. The number of nitrogens with two attached hydrogens (primary N) is 1. The van der Waals surface area contributed by atoms with E-state index in [0.29, 0.717) is 22.3 Å². The molecule has 0 aliphatic carbocycles. The van der Waals surface area contributed by atoms with Crippen LogP contribution in [-0.2, 0) is 0 Å². The minimum absolute atomic E-state index is 0.0194. The van der Waals surface area contributed by atoms with Crippen LogP contribution in [0.15, 0.2) is 17.5 Å². The van der Waals surface area contributed by atoms with Crippen LogP contribution in [0.5, 0.6) is 5.88 Å². The number of carboxylic acids is 1. The van der Waals surface area contributed by atoms with E-state index in [1.807, 2.05) is 0 Å². The van der Waals surface area contributed by atoms with Gasteiger partial charge in [0.2, 0.25) is 5.88 Å². The Bertz CT molecular complexity index is 568. The Morgan fingerprint density at radius 1 is 1.47 bits per heavy atom. The van der Waals surface area contributed by atoms with E-state index in [-0.39, 0.29) is 5.69 Å². The number of hydrogen-bond acceptors (Lipinski definition) is 6. The lowest BCUT2D eigenvalue weighted by molar-refractivity contribution is 0.0691. The monoisotopic (exact) mass is 251 g/mol. The van der Waals surface area contributed by atoms with Gasteiger partial charge in [0.05, 0.1) is 12.8 Å². The van der Waals surface area contributed by atoms with Crippen molar-refractivity contribution in [3.8, 4) is 16.6 Å². The predicted molar refractivity (Wildman–Crippen MR) is 63.3 cm³/mol. The number of rotatable bonds is 3. The maximum absolute atomic E-state index is 10.7. The number of thiazole rings is 1. The smallest absolute Gasteiger partial charge is 0.355 e. The van der Waals surface area contributed by atoms with Gasteiger partial charge in [-0.3, -0.25) is 0 Å². The maximum atomic E-state index is 10.7. The first-order valence-corrected chi connectivity index (χ1v) is 5.49. The maximum Gasteiger partial charge on any atom is 0.355 e. The van der Waals surface area contributed by atoms with Crippen molar-refractivity contribution in [2.45, 2.75) is 0 Å². The summed E-state index contributed by atoms with van der Waals surface area (Å²) in [5.74, 6) is -0.671. The van der Waals surface area contributed by atoms with E-state index in [0.717, 1.165) is 0 Å². The second kappa shape index (κ2) is 4.38. The molecule has 0 aromatic carbocycles. The number of pyridine rings is 1. The molecule has 0 unspecified atom stereocenters. The second-order valence-corrected chi connectivity index (χ2v) is 3.99. The minimum Gasteiger partial charge on any atom is -0.481 e. The zero-order valence-electron chi connectivity index (χ0n) is 8.88. The Morgan fingerprint density at radius 3 is 2.82 bits per heavy atom. The Hall–Kier alpha value is -2.15. The number of carboxylic acid groups (broad SMARTS) is 1. The molecule has 7 heteroatoms. The fraction of sp³-hybridized carbons (Fsp3) is 0.100. The molecule has 0 radical (unpaired) electrons. The van der Waals surface area contributed by atoms with Crippen molar-refractivity contribution < 1.29 is 14.6 Å². The number of hydrogen-bond donors (Lipinski definition) is 2. The Labute approximate surface area is 101 Å². The standard InChI is InChI=1S/C10H9N3O3S/c1-16-7-3-2-5(11)8(13-7)9-12-6(4-17-9)10(14)15/h2-4H,11H2,1H3,(H,14,15). The van der Waals surface area contributed by atoms with Gasteiger partial charge in [0, 0.05) is 11.4 Å². The van der Waals surface area contributed by atoms with Crippen molar-refractivity contribution in [3.05, 3.63) is 23.2 Å². The van der Waals surface area contributed by atoms with Crippen LogP contribution in [0.25, 0.3) is 10.7 Å². The highest BCUT2D eigenvalue weighted by Crippen LogP contribution is 2.28. The molecule has 2 heterocycles. The molecule has 2 rings (SSSR count). The number of ether oxygens (including phenoxy) is 1. The molecule has 0 saturated heterocycles. The summed E-state index contributed by atoms with van der Waals surface area (Å²) in [6.45, 7) is 0. The summed E-state index contributed by atoms with van der Waals surface area (Å²) in [7, 11) is 1.49. The zero-order valence-corrected chi connectivity index (χ0v) is 9.69. The van der Waals surface area contributed by atoms with Crippen molar-refractivity contribution in [1.82, 2.24) is 9.97 Å². The SMILES string of the molecule is COc1ccc(N)c(-c2nc(C(=O)O)cs2)n1. The molecule has 0 fully saturated rings. The lowest BCUT2D eigenvalue weighted by Crippen LogP contribution is -1.98. The van der Waals surface area contributed by atoms with E-state index >= 15 is 0 Å². The van der Waals surface area contributed by atoms with E-state index in [2.05, 4.69) is 9.97 Å². The summed E-state index contributed by atoms with van der Waals surface area (Å²) in [6.07, 6.45) is 0. The van der Waals surface area contributed by atoms with Gasteiger partial charge in [-0.15, -0.1) is 11.3 Å². The summed E-state index contributed by atoms with van der Waals surface area (Å²) in [4.78, 5) is 18.8. The highest BCUT2D eigenvalue weighted by molar-refractivity contribution is 7.13. The topological polar surface area (TPSA) is 98.3 Å². The molecule has 0 spiro atoms. The average Bonchev–Trinajstić information content (AvgIpc) is 2.79. The predicted octanol–water partition coefficient (Wildman–Crippen LogP) is 1.49. The van der Waals surface area contributed by atoms with E-state index in [1.54, 1.807) is 12.1 Å². The number of nitrogen functional groups attached to an aromatic ring is 1. The van der Waals surface area contributed by atoms with Crippen LogP contribution < -0.4 is 10.5 Å². The first-order chi connectivity index (χ1) is 8.11. The zero-order chi connectivity index (χ0) is 12.4. The summed E-state index contributed by atoms with van der Waals surface area (Å²) in [5, 5.41) is 10.7. The van der Waals surface area contributed by atoms with Gasteiger partial charge in [0.1, 0.15) is 10.7 Å². The molecular formula is C10H9N3O3S. The molecule has 0 bridgehead atoms. The van der Waals surface area contributed by atoms with Crippen LogP contribution in [0.1, 0.15) is 10.5 Å². The van der Waals surface area contributed by atoms with Gasteiger partial charge >= 0.3 is 5.97 Å². The normalized spacial score (nSPS) is 10.2. The minimum atomic E-state index is -1.08. The van der Waals surface area contributed by atoms with Crippen LogP contribution in [-0.4, -0.2) is 28.2 Å². The molecule has 0 saturated carbocycles.